The molecule has 0 radical (unpaired) electrons. The summed E-state index contributed by atoms with van der Waals surface area (Å²) in [5.41, 5.74) is 1.78. The van der Waals surface area contributed by atoms with E-state index < -0.39 is 11.7 Å². The summed E-state index contributed by atoms with van der Waals surface area (Å²) in [7, 11) is 0. The van der Waals surface area contributed by atoms with Crippen LogP contribution < -0.4 is 0 Å². The number of nitrogens with zero attached hydrogens (tertiary/aromatic N) is 3. The molecule has 27 heavy (non-hydrogen) atoms. The molecule has 4 rings (SSSR count). The van der Waals surface area contributed by atoms with Crippen molar-refractivity contribution in [2.45, 2.75) is 26.1 Å². The summed E-state index contributed by atoms with van der Waals surface area (Å²) in [5, 5.41) is 9.12. The Hall–Kier alpha value is -3.09. The number of halogens is 3. The molecule has 0 fully saturated rings. The first kappa shape index (κ1) is 17.3. The van der Waals surface area contributed by atoms with Gasteiger partial charge < -0.3 is 8.98 Å². The van der Waals surface area contributed by atoms with Gasteiger partial charge in [-0.15, -0.1) is 10.2 Å². The van der Waals surface area contributed by atoms with Gasteiger partial charge in [0.05, 0.1) is 5.56 Å². The first-order valence-corrected chi connectivity index (χ1v) is 8.53. The van der Waals surface area contributed by atoms with Crippen LogP contribution in [0.3, 0.4) is 0 Å². The summed E-state index contributed by atoms with van der Waals surface area (Å²) in [6, 6.07) is 14.9. The Morgan fingerprint density at radius 3 is 2.41 bits per heavy atom. The minimum Gasteiger partial charge on any atom is -0.419 e. The predicted octanol–water partition coefficient (Wildman–Crippen LogP) is 5.32. The van der Waals surface area contributed by atoms with Gasteiger partial charge in [0.25, 0.3) is 5.89 Å². The lowest BCUT2D eigenvalue weighted by molar-refractivity contribution is -0.137. The molecule has 2 aromatic carbocycles. The van der Waals surface area contributed by atoms with E-state index in [9.17, 15) is 13.2 Å². The zero-order valence-corrected chi connectivity index (χ0v) is 14.5. The van der Waals surface area contributed by atoms with Crippen molar-refractivity contribution in [1.82, 2.24) is 14.8 Å². The van der Waals surface area contributed by atoms with Gasteiger partial charge in [0.15, 0.2) is 0 Å². The molecule has 2 heterocycles. The maximum absolute atomic E-state index is 12.8. The number of hydrogen-bond donors (Lipinski definition) is 0. The molecule has 0 aliphatic rings. The molecule has 0 bridgehead atoms. The maximum Gasteiger partial charge on any atom is 0.416 e. The highest BCUT2D eigenvalue weighted by Gasteiger charge is 2.30. The van der Waals surface area contributed by atoms with Crippen molar-refractivity contribution >= 4 is 10.9 Å². The highest BCUT2D eigenvalue weighted by atomic mass is 19.4. The van der Waals surface area contributed by atoms with Crippen LogP contribution in [0.5, 0.6) is 0 Å². The van der Waals surface area contributed by atoms with Crippen LogP contribution in [0.4, 0.5) is 13.2 Å². The van der Waals surface area contributed by atoms with Gasteiger partial charge in [-0.2, -0.15) is 13.2 Å². The van der Waals surface area contributed by atoms with Gasteiger partial charge in [-0.05, 0) is 29.8 Å². The monoisotopic (exact) mass is 371 g/mol. The molecule has 0 saturated heterocycles. The fourth-order valence-electron chi connectivity index (χ4n) is 3.04. The molecular formula is C20H16F3N3O. The number of para-hydroxylation sites is 1. The van der Waals surface area contributed by atoms with Crippen LogP contribution >= 0.6 is 0 Å². The van der Waals surface area contributed by atoms with Crippen LogP contribution in [0.25, 0.3) is 22.5 Å². The quantitative estimate of drug-likeness (QED) is 0.488. The highest BCUT2D eigenvalue weighted by Crippen LogP contribution is 2.31. The van der Waals surface area contributed by atoms with Crippen molar-refractivity contribution < 1.29 is 17.6 Å². The largest absolute Gasteiger partial charge is 0.419 e. The molecule has 0 aliphatic heterocycles. The molecule has 0 unspecified atom stereocenters. The second kappa shape index (κ2) is 6.57. The molecule has 0 N–H and O–H groups in total. The number of fused-ring (bicyclic) bond motifs is 1. The normalized spacial score (nSPS) is 12.0. The average Bonchev–Trinajstić information content (AvgIpc) is 3.26. The fraction of sp³-hybridized carbons (Fsp3) is 0.200. The Balaban J connectivity index is 1.77. The molecule has 2 aromatic heterocycles. The second-order valence-electron chi connectivity index (χ2n) is 6.22. The van der Waals surface area contributed by atoms with Crippen LogP contribution in [0.1, 0.15) is 23.9 Å². The molecular weight excluding hydrogens is 355 g/mol. The smallest absolute Gasteiger partial charge is 0.416 e. The molecule has 4 aromatic rings. The Bertz CT molecular complexity index is 1080. The Morgan fingerprint density at radius 1 is 1.00 bits per heavy atom. The highest BCUT2D eigenvalue weighted by molar-refractivity contribution is 5.85. The number of benzene rings is 2. The average molecular weight is 371 g/mol. The third-order valence-corrected chi connectivity index (χ3v) is 4.42. The Morgan fingerprint density at radius 2 is 1.74 bits per heavy atom. The van der Waals surface area contributed by atoms with Gasteiger partial charge in [-0.1, -0.05) is 37.3 Å². The van der Waals surface area contributed by atoms with Gasteiger partial charge in [0.1, 0.15) is 5.69 Å². The lowest BCUT2D eigenvalue weighted by atomic mass is 10.1. The van der Waals surface area contributed by atoms with Crippen molar-refractivity contribution in [1.29, 1.82) is 0 Å². The van der Waals surface area contributed by atoms with Crippen LogP contribution in [-0.2, 0) is 19.1 Å². The van der Waals surface area contributed by atoms with E-state index in [1.165, 1.54) is 12.1 Å². The van der Waals surface area contributed by atoms with Crippen LogP contribution in [-0.4, -0.2) is 14.8 Å². The number of alkyl halides is 3. The van der Waals surface area contributed by atoms with E-state index in [0.717, 1.165) is 34.3 Å². The van der Waals surface area contributed by atoms with Gasteiger partial charge in [-0.25, -0.2) is 0 Å². The predicted molar refractivity (Wildman–Crippen MR) is 95.2 cm³/mol. The fourth-order valence-corrected chi connectivity index (χ4v) is 3.04. The summed E-state index contributed by atoms with van der Waals surface area (Å²) in [6.07, 6.45) is -3.71. The summed E-state index contributed by atoms with van der Waals surface area (Å²) < 4.78 is 46.1. The van der Waals surface area contributed by atoms with Crippen molar-refractivity contribution in [3.8, 4) is 11.6 Å². The zero-order chi connectivity index (χ0) is 19.0. The van der Waals surface area contributed by atoms with E-state index in [-0.39, 0.29) is 0 Å². The van der Waals surface area contributed by atoms with Crippen molar-refractivity contribution in [3.63, 3.8) is 0 Å². The van der Waals surface area contributed by atoms with Gasteiger partial charge in [0.2, 0.25) is 5.89 Å². The van der Waals surface area contributed by atoms with Crippen molar-refractivity contribution in [2.24, 2.45) is 0 Å². The van der Waals surface area contributed by atoms with Crippen molar-refractivity contribution in [2.75, 3.05) is 0 Å². The SMILES string of the molecule is CCc1nnc(-c2cc3ccccc3n2Cc2ccc(C(F)(F)F)cc2)o1. The third kappa shape index (κ3) is 3.32. The molecule has 7 heteroatoms. The minimum absolute atomic E-state index is 0.394. The van der Waals surface area contributed by atoms with E-state index in [2.05, 4.69) is 10.2 Å². The van der Waals surface area contributed by atoms with Gasteiger partial charge >= 0.3 is 6.18 Å². The van der Waals surface area contributed by atoms with Crippen LogP contribution in [0.15, 0.2) is 59.0 Å². The van der Waals surface area contributed by atoms with Gasteiger partial charge in [0, 0.05) is 23.9 Å². The van der Waals surface area contributed by atoms with Gasteiger partial charge in [-0.3, -0.25) is 0 Å². The molecule has 0 saturated carbocycles. The standard InChI is InChI=1S/C20H16F3N3O/c1-2-18-24-25-19(27-18)17-11-14-5-3-4-6-16(14)26(17)12-13-7-9-15(10-8-13)20(21,22)23/h3-11H,2,12H2,1H3. The lowest BCUT2D eigenvalue weighted by Gasteiger charge is -2.11. The Kier molecular flexibility index (Phi) is 4.22. The summed E-state index contributed by atoms with van der Waals surface area (Å²) >= 11 is 0. The molecule has 0 amide bonds. The zero-order valence-electron chi connectivity index (χ0n) is 14.5. The third-order valence-electron chi connectivity index (χ3n) is 4.42. The second-order valence-corrected chi connectivity index (χ2v) is 6.22. The maximum atomic E-state index is 12.8. The molecule has 0 atom stereocenters. The topological polar surface area (TPSA) is 43.9 Å². The summed E-state index contributed by atoms with van der Waals surface area (Å²) in [4.78, 5) is 0. The molecule has 138 valence electrons. The van der Waals surface area contributed by atoms with Crippen molar-refractivity contribution in [3.05, 3.63) is 71.6 Å². The minimum atomic E-state index is -4.34. The molecule has 4 nitrogen and oxygen atoms in total. The summed E-state index contributed by atoms with van der Waals surface area (Å²) in [5.74, 6) is 0.936. The van der Waals surface area contributed by atoms with Crippen LogP contribution in [0, 0.1) is 0 Å². The summed E-state index contributed by atoms with van der Waals surface area (Å²) in [6.45, 7) is 2.32. The van der Waals surface area contributed by atoms with E-state index >= 15 is 0 Å². The lowest BCUT2D eigenvalue weighted by Crippen LogP contribution is -2.06. The van der Waals surface area contributed by atoms with E-state index in [1.807, 2.05) is 41.8 Å². The van der Waals surface area contributed by atoms with E-state index in [4.69, 9.17) is 4.42 Å². The van der Waals surface area contributed by atoms with E-state index in [1.54, 1.807) is 0 Å². The number of hydrogen-bond acceptors (Lipinski definition) is 3. The first-order chi connectivity index (χ1) is 13.0. The van der Waals surface area contributed by atoms with Crippen LogP contribution in [0.2, 0.25) is 0 Å². The molecule has 0 spiro atoms. The molecule has 0 aliphatic carbocycles. The number of rotatable bonds is 4. The first-order valence-electron chi connectivity index (χ1n) is 8.53. The number of aryl methyl sites for hydroxylation is 1. The Labute approximate surface area is 153 Å². The van der Waals surface area contributed by atoms with E-state index in [0.29, 0.717) is 24.7 Å². The number of aromatic nitrogens is 3.